The minimum atomic E-state index is 0.581. The molecule has 1 fully saturated rings. The van der Waals surface area contributed by atoms with E-state index in [2.05, 4.69) is 23.5 Å². The molecular formula is C13H17NO. The molecule has 0 saturated carbocycles. The average Bonchev–Trinajstić information content (AvgIpc) is 2.82. The van der Waals surface area contributed by atoms with E-state index in [0.29, 0.717) is 6.04 Å². The van der Waals surface area contributed by atoms with E-state index in [4.69, 9.17) is 4.74 Å². The number of nitrogens with one attached hydrogen (secondary N) is 1. The standard InChI is InChI=1S/C13H17NO/c1-4-12(14-7-1)10-5-6-13-11(9-10)3-2-8-15-13/h5-6,9,12,14H,1-4,7-8H2/t12-/m0/s1. The van der Waals surface area contributed by atoms with Crippen LogP contribution in [0.1, 0.15) is 36.4 Å². The van der Waals surface area contributed by atoms with Crippen LogP contribution in [0.3, 0.4) is 0 Å². The largest absolute Gasteiger partial charge is 0.493 e. The zero-order chi connectivity index (χ0) is 10.1. The molecular weight excluding hydrogens is 186 g/mol. The first-order valence-corrected chi connectivity index (χ1v) is 5.92. The Bertz CT molecular complexity index is 356. The van der Waals surface area contributed by atoms with Crippen molar-refractivity contribution in [1.82, 2.24) is 5.32 Å². The predicted octanol–water partition coefficient (Wildman–Crippen LogP) is 2.44. The molecule has 0 spiro atoms. The molecule has 1 saturated heterocycles. The van der Waals surface area contributed by atoms with E-state index in [0.717, 1.165) is 25.3 Å². The molecule has 1 aromatic carbocycles. The van der Waals surface area contributed by atoms with Gasteiger partial charge < -0.3 is 10.1 Å². The van der Waals surface area contributed by atoms with E-state index < -0.39 is 0 Å². The minimum absolute atomic E-state index is 0.581. The molecule has 0 bridgehead atoms. The van der Waals surface area contributed by atoms with Crippen LogP contribution in [0, 0.1) is 0 Å². The molecule has 2 heterocycles. The van der Waals surface area contributed by atoms with Crippen molar-refractivity contribution >= 4 is 0 Å². The molecule has 2 heteroatoms. The average molecular weight is 203 g/mol. The van der Waals surface area contributed by atoms with Crippen LogP contribution < -0.4 is 10.1 Å². The third-order valence-corrected chi connectivity index (χ3v) is 3.40. The highest BCUT2D eigenvalue weighted by Crippen LogP contribution is 2.30. The SMILES string of the molecule is c1cc2c(cc1[C@@H]1CCCN1)CCCO2. The lowest BCUT2D eigenvalue weighted by Gasteiger charge is -2.19. The Morgan fingerprint density at radius 1 is 1.27 bits per heavy atom. The van der Waals surface area contributed by atoms with Crippen LogP contribution in [0.15, 0.2) is 18.2 Å². The fraction of sp³-hybridized carbons (Fsp3) is 0.538. The summed E-state index contributed by atoms with van der Waals surface area (Å²) in [4.78, 5) is 0. The van der Waals surface area contributed by atoms with Crippen LogP contribution in [0.25, 0.3) is 0 Å². The lowest BCUT2D eigenvalue weighted by Crippen LogP contribution is -2.14. The highest BCUT2D eigenvalue weighted by atomic mass is 16.5. The fourth-order valence-corrected chi connectivity index (χ4v) is 2.57. The smallest absolute Gasteiger partial charge is 0.122 e. The first-order valence-electron chi connectivity index (χ1n) is 5.92. The molecule has 0 amide bonds. The van der Waals surface area contributed by atoms with Gasteiger partial charge in [-0.25, -0.2) is 0 Å². The second-order valence-electron chi connectivity index (χ2n) is 4.47. The van der Waals surface area contributed by atoms with Crippen molar-refractivity contribution in [3.05, 3.63) is 29.3 Å². The number of rotatable bonds is 1. The molecule has 1 N–H and O–H groups in total. The zero-order valence-corrected chi connectivity index (χ0v) is 8.96. The molecule has 15 heavy (non-hydrogen) atoms. The molecule has 0 aliphatic carbocycles. The summed E-state index contributed by atoms with van der Waals surface area (Å²) in [6.07, 6.45) is 4.92. The fourth-order valence-electron chi connectivity index (χ4n) is 2.57. The number of fused-ring (bicyclic) bond motifs is 1. The monoisotopic (exact) mass is 203 g/mol. The van der Waals surface area contributed by atoms with Crippen LogP contribution in [-0.4, -0.2) is 13.2 Å². The Morgan fingerprint density at radius 2 is 2.27 bits per heavy atom. The van der Waals surface area contributed by atoms with Crippen LogP contribution in [0.2, 0.25) is 0 Å². The van der Waals surface area contributed by atoms with Gasteiger partial charge in [-0.1, -0.05) is 12.1 Å². The van der Waals surface area contributed by atoms with Gasteiger partial charge in [-0.2, -0.15) is 0 Å². The van der Waals surface area contributed by atoms with Crippen molar-refractivity contribution in [2.24, 2.45) is 0 Å². The molecule has 2 nitrogen and oxygen atoms in total. The maximum Gasteiger partial charge on any atom is 0.122 e. The Hall–Kier alpha value is -1.02. The molecule has 80 valence electrons. The maximum atomic E-state index is 5.62. The van der Waals surface area contributed by atoms with Gasteiger partial charge in [-0.15, -0.1) is 0 Å². The minimum Gasteiger partial charge on any atom is -0.493 e. The summed E-state index contributed by atoms with van der Waals surface area (Å²) in [5, 5.41) is 3.54. The number of benzene rings is 1. The van der Waals surface area contributed by atoms with Gasteiger partial charge in [0, 0.05) is 6.04 Å². The van der Waals surface area contributed by atoms with Gasteiger partial charge in [0.05, 0.1) is 6.61 Å². The lowest BCUT2D eigenvalue weighted by molar-refractivity contribution is 0.288. The van der Waals surface area contributed by atoms with Gasteiger partial charge in [-0.05, 0) is 49.4 Å². The molecule has 0 aromatic heterocycles. The Kier molecular flexibility index (Phi) is 2.37. The second kappa shape index (κ2) is 3.86. The quantitative estimate of drug-likeness (QED) is 0.757. The Morgan fingerprint density at radius 3 is 3.13 bits per heavy atom. The summed E-state index contributed by atoms with van der Waals surface area (Å²) in [5.41, 5.74) is 2.84. The van der Waals surface area contributed by atoms with Gasteiger partial charge in [0.15, 0.2) is 0 Å². The Balaban J connectivity index is 1.89. The van der Waals surface area contributed by atoms with E-state index in [1.165, 1.54) is 30.4 Å². The number of aryl methyl sites for hydroxylation is 1. The number of hydrogen-bond donors (Lipinski definition) is 1. The second-order valence-corrected chi connectivity index (χ2v) is 4.47. The maximum absolute atomic E-state index is 5.62. The molecule has 1 atom stereocenters. The van der Waals surface area contributed by atoms with Crippen molar-refractivity contribution in [3.8, 4) is 5.75 Å². The summed E-state index contributed by atoms with van der Waals surface area (Å²) in [6, 6.07) is 7.27. The number of ether oxygens (including phenoxy) is 1. The topological polar surface area (TPSA) is 21.3 Å². The Labute approximate surface area is 90.6 Å². The summed E-state index contributed by atoms with van der Waals surface area (Å²) in [7, 11) is 0. The third-order valence-electron chi connectivity index (χ3n) is 3.40. The first kappa shape index (κ1) is 9.22. The number of hydrogen-bond acceptors (Lipinski definition) is 2. The molecule has 3 rings (SSSR count). The third kappa shape index (κ3) is 1.74. The van der Waals surface area contributed by atoms with Gasteiger partial charge in [0.1, 0.15) is 5.75 Å². The zero-order valence-electron chi connectivity index (χ0n) is 8.96. The van der Waals surface area contributed by atoms with Crippen molar-refractivity contribution < 1.29 is 4.74 Å². The van der Waals surface area contributed by atoms with E-state index in [1.54, 1.807) is 0 Å². The van der Waals surface area contributed by atoms with E-state index in [9.17, 15) is 0 Å². The molecule has 2 aliphatic heterocycles. The van der Waals surface area contributed by atoms with Crippen molar-refractivity contribution in [3.63, 3.8) is 0 Å². The van der Waals surface area contributed by atoms with Crippen molar-refractivity contribution in [2.75, 3.05) is 13.2 Å². The summed E-state index contributed by atoms with van der Waals surface area (Å²) in [6.45, 7) is 2.05. The van der Waals surface area contributed by atoms with Gasteiger partial charge >= 0.3 is 0 Å². The lowest BCUT2D eigenvalue weighted by atomic mass is 9.98. The van der Waals surface area contributed by atoms with E-state index in [1.807, 2.05) is 0 Å². The van der Waals surface area contributed by atoms with Gasteiger partial charge in [-0.3, -0.25) is 0 Å². The van der Waals surface area contributed by atoms with Crippen LogP contribution in [0.4, 0.5) is 0 Å². The normalized spacial score (nSPS) is 24.7. The van der Waals surface area contributed by atoms with E-state index in [-0.39, 0.29) is 0 Å². The summed E-state index contributed by atoms with van der Waals surface area (Å²) >= 11 is 0. The molecule has 2 aliphatic rings. The molecule has 0 radical (unpaired) electrons. The van der Waals surface area contributed by atoms with E-state index >= 15 is 0 Å². The van der Waals surface area contributed by atoms with Crippen LogP contribution >= 0.6 is 0 Å². The highest BCUT2D eigenvalue weighted by Gasteiger charge is 2.18. The highest BCUT2D eigenvalue weighted by molar-refractivity contribution is 5.39. The van der Waals surface area contributed by atoms with Gasteiger partial charge in [0.2, 0.25) is 0 Å². The predicted molar refractivity (Wildman–Crippen MR) is 60.2 cm³/mol. The summed E-state index contributed by atoms with van der Waals surface area (Å²) in [5.74, 6) is 1.10. The van der Waals surface area contributed by atoms with Crippen molar-refractivity contribution in [2.45, 2.75) is 31.7 Å². The summed E-state index contributed by atoms with van der Waals surface area (Å²) < 4.78 is 5.62. The first-order chi connectivity index (χ1) is 7.43. The van der Waals surface area contributed by atoms with Crippen LogP contribution in [0.5, 0.6) is 5.75 Å². The molecule has 0 unspecified atom stereocenters. The van der Waals surface area contributed by atoms with Crippen LogP contribution in [-0.2, 0) is 6.42 Å². The van der Waals surface area contributed by atoms with Gasteiger partial charge in [0.25, 0.3) is 0 Å². The van der Waals surface area contributed by atoms with Crippen molar-refractivity contribution in [1.29, 1.82) is 0 Å². The molecule has 1 aromatic rings.